The molecule has 0 saturated heterocycles. The Morgan fingerprint density at radius 2 is 1.41 bits per heavy atom. The second-order valence-corrected chi connectivity index (χ2v) is 5.81. The molecule has 4 rings (SSSR count). The molecule has 0 aliphatic rings. The molecule has 0 atom stereocenters. The van der Waals surface area contributed by atoms with Crippen LogP contribution in [0.15, 0.2) is 54.6 Å². The largest absolute Gasteiger partial charge is 0.355 e. The van der Waals surface area contributed by atoms with Gasteiger partial charge in [-0.2, -0.15) is 0 Å². The lowest BCUT2D eigenvalue weighted by atomic mass is 9.90. The highest BCUT2D eigenvalue weighted by molar-refractivity contribution is 6.23. The van der Waals surface area contributed by atoms with Crippen molar-refractivity contribution in [2.24, 2.45) is 0 Å². The Balaban J connectivity index is 1.94. The molecule has 0 heterocycles. The highest BCUT2D eigenvalue weighted by Crippen LogP contribution is 2.36. The highest BCUT2D eigenvalue weighted by atomic mass is 16.4. The molecule has 107 valence electrons. The maximum atomic E-state index is 10.6. The predicted molar refractivity (Wildman–Crippen MR) is 88.8 cm³/mol. The zero-order valence-corrected chi connectivity index (χ0v) is 12.1. The van der Waals surface area contributed by atoms with E-state index in [9.17, 15) is 9.90 Å². The van der Waals surface area contributed by atoms with Crippen molar-refractivity contribution in [3.05, 3.63) is 60.2 Å². The fraction of sp³-hybridized carbons (Fsp3) is 0.150. The van der Waals surface area contributed by atoms with Crippen LogP contribution in [0.4, 0.5) is 0 Å². The van der Waals surface area contributed by atoms with Gasteiger partial charge in [-0.15, -0.1) is 0 Å². The smallest absolute Gasteiger partial charge is 0.247 e. The third-order valence-corrected chi connectivity index (χ3v) is 4.45. The summed E-state index contributed by atoms with van der Waals surface area (Å²) in [6.07, 6.45) is 1.50. The Bertz CT molecular complexity index is 969. The normalized spacial score (nSPS) is 11.6. The summed E-state index contributed by atoms with van der Waals surface area (Å²) in [6, 6.07) is 19.3. The van der Waals surface area contributed by atoms with Gasteiger partial charge in [-0.05, 0) is 50.7 Å². The standard InChI is InChI=1S/C20H15O2/c21-18(22)6-2-3-13-7-8-16-10-9-14-4-1-5-15-11-12-17(13)20(16)19(14)15/h1,4-5,7-12H,2-3,6H2. The van der Waals surface area contributed by atoms with Gasteiger partial charge in [0.25, 0.3) is 0 Å². The lowest BCUT2D eigenvalue weighted by Gasteiger charge is -2.13. The van der Waals surface area contributed by atoms with Crippen molar-refractivity contribution in [1.29, 1.82) is 0 Å². The summed E-state index contributed by atoms with van der Waals surface area (Å²) in [6.45, 7) is 0. The molecule has 2 nitrogen and oxygen atoms in total. The number of hydrogen-bond acceptors (Lipinski definition) is 1. The van der Waals surface area contributed by atoms with Crippen LogP contribution in [0.1, 0.15) is 18.4 Å². The summed E-state index contributed by atoms with van der Waals surface area (Å²) in [5, 5.41) is 18.2. The van der Waals surface area contributed by atoms with E-state index in [1.165, 1.54) is 37.9 Å². The molecule has 2 heteroatoms. The average Bonchev–Trinajstić information content (AvgIpc) is 2.53. The van der Waals surface area contributed by atoms with Gasteiger partial charge in [0.1, 0.15) is 0 Å². The molecule has 0 fully saturated rings. The molecule has 0 saturated carbocycles. The molecule has 0 amide bonds. The fourth-order valence-electron chi connectivity index (χ4n) is 3.44. The zero-order chi connectivity index (χ0) is 15.1. The molecular formula is C20H15O2. The van der Waals surface area contributed by atoms with E-state index in [1.807, 2.05) is 0 Å². The Morgan fingerprint density at radius 3 is 2.14 bits per heavy atom. The number of hydrogen-bond donors (Lipinski definition) is 0. The van der Waals surface area contributed by atoms with E-state index in [0.717, 1.165) is 6.42 Å². The molecule has 0 aliphatic carbocycles. The van der Waals surface area contributed by atoms with Gasteiger partial charge < -0.3 is 0 Å². The minimum atomic E-state index is -0.974. The summed E-state index contributed by atoms with van der Waals surface area (Å²) in [5.74, 6) is -0.974. The van der Waals surface area contributed by atoms with Crippen LogP contribution in [0.3, 0.4) is 0 Å². The van der Waals surface area contributed by atoms with Gasteiger partial charge in [-0.1, -0.05) is 54.6 Å². The van der Waals surface area contributed by atoms with Gasteiger partial charge >= 0.3 is 5.97 Å². The van der Waals surface area contributed by atoms with Crippen LogP contribution in [0.2, 0.25) is 0 Å². The Kier molecular flexibility index (Phi) is 2.97. The van der Waals surface area contributed by atoms with Gasteiger partial charge in [0.05, 0.1) is 6.42 Å². The number of benzene rings is 4. The van der Waals surface area contributed by atoms with Crippen LogP contribution >= 0.6 is 0 Å². The summed E-state index contributed by atoms with van der Waals surface area (Å²) in [7, 11) is 0. The maximum absolute atomic E-state index is 10.6. The lowest BCUT2D eigenvalue weighted by molar-refractivity contribution is -0.143. The molecule has 0 aliphatic heterocycles. The van der Waals surface area contributed by atoms with Crippen molar-refractivity contribution in [3.63, 3.8) is 0 Å². The van der Waals surface area contributed by atoms with E-state index in [-0.39, 0.29) is 6.42 Å². The molecule has 0 unspecified atom stereocenters. The lowest BCUT2D eigenvalue weighted by Crippen LogP contribution is -1.95. The Labute approximate surface area is 128 Å². The molecule has 4 aromatic rings. The Hall–Kier alpha value is -2.61. The summed E-state index contributed by atoms with van der Waals surface area (Å²) >= 11 is 0. The van der Waals surface area contributed by atoms with E-state index >= 15 is 0 Å². The second-order valence-electron chi connectivity index (χ2n) is 5.81. The molecule has 0 spiro atoms. The van der Waals surface area contributed by atoms with E-state index in [4.69, 9.17) is 0 Å². The molecular weight excluding hydrogens is 272 g/mol. The van der Waals surface area contributed by atoms with Crippen LogP contribution in [-0.2, 0) is 16.3 Å². The van der Waals surface area contributed by atoms with Crippen LogP contribution in [0.25, 0.3) is 32.3 Å². The van der Waals surface area contributed by atoms with Gasteiger partial charge in [-0.25, -0.2) is 9.90 Å². The highest BCUT2D eigenvalue weighted by Gasteiger charge is 2.10. The minimum Gasteiger partial charge on any atom is -0.247 e. The number of carbonyl (C=O) groups excluding carboxylic acids is 1. The van der Waals surface area contributed by atoms with Crippen LogP contribution in [-0.4, -0.2) is 5.97 Å². The van der Waals surface area contributed by atoms with Crippen LogP contribution < -0.4 is 0 Å². The molecule has 22 heavy (non-hydrogen) atoms. The first kappa shape index (κ1) is 13.1. The monoisotopic (exact) mass is 287 g/mol. The SMILES string of the molecule is [O]C(=O)CCCc1ccc2ccc3cccc4ccc1c2c34. The molecule has 1 radical (unpaired) electrons. The first-order chi connectivity index (χ1) is 10.7. The van der Waals surface area contributed by atoms with Crippen molar-refractivity contribution >= 4 is 38.3 Å². The average molecular weight is 287 g/mol. The van der Waals surface area contributed by atoms with Crippen LogP contribution in [0.5, 0.6) is 0 Å². The van der Waals surface area contributed by atoms with Crippen molar-refractivity contribution in [2.75, 3.05) is 0 Å². The summed E-state index contributed by atoms with van der Waals surface area (Å²) in [5.41, 5.74) is 1.21. The van der Waals surface area contributed by atoms with Crippen molar-refractivity contribution in [2.45, 2.75) is 19.3 Å². The van der Waals surface area contributed by atoms with Gasteiger partial charge in [0, 0.05) is 0 Å². The number of aryl methyl sites for hydroxylation is 1. The first-order valence-corrected chi connectivity index (χ1v) is 7.59. The van der Waals surface area contributed by atoms with E-state index in [0.29, 0.717) is 6.42 Å². The first-order valence-electron chi connectivity index (χ1n) is 7.59. The molecule has 0 aromatic heterocycles. The minimum absolute atomic E-state index is 0.113. The fourth-order valence-corrected chi connectivity index (χ4v) is 3.44. The van der Waals surface area contributed by atoms with Gasteiger partial charge in [-0.3, -0.25) is 0 Å². The molecule has 0 N–H and O–H groups in total. The number of carbonyl (C=O) groups is 1. The van der Waals surface area contributed by atoms with E-state index in [2.05, 4.69) is 54.6 Å². The van der Waals surface area contributed by atoms with Gasteiger partial charge in [0.15, 0.2) is 0 Å². The zero-order valence-electron chi connectivity index (χ0n) is 12.1. The summed E-state index contributed by atoms with van der Waals surface area (Å²) in [4.78, 5) is 10.6. The summed E-state index contributed by atoms with van der Waals surface area (Å²) < 4.78 is 0. The van der Waals surface area contributed by atoms with E-state index < -0.39 is 5.97 Å². The third kappa shape index (κ3) is 2.00. The predicted octanol–water partition coefficient (Wildman–Crippen LogP) is 4.86. The Morgan fingerprint density at radius 1 is 0.773 bits per heavy atom. The van der Waals surface area contributed by atoms with Gasteiger partial charge in [0.2, 0.25) is 0 Å². The molecule has 0 bridgehead atoms. The quantitative estimate of drug-likeness (QED) is 0.494. The van der Waals surface area contributed by atoms with E-state index in [1.54, 1.807) is 0 Å². The van der Waals surface area contributed by atoms with Crippen molar-refractivity contribution in [1.82, 2.24) is 0 Å². The molecule has 4 aromatic carbocycles. The second kappa shape index (κ2) is 4.99. The topological polar surface area (TPSA) is 37.0 Å². The van der Waals surface area contributed by atoms with Crippen LogP contribution in [0, 0.1) is 0 Å². The van der Waals surface area contributed by atoms with Crippen molar-refractivity contribution < 1.29 is 9.90 Å². The number of rotatable bonds is 4. The maximum Gasteiger partial charge on any atom is 0.355 e. The third-order valence-electron chi connectivity index (χ3n) is 4.45. The van der Waals surface area contributed by atoms with Crippen molar-refractivity contribution in [3.8, 4) is 0 Å².